The summed E-state index contributed by atoms with van der Waals surface area (Å²) in [5.74, 6) is 0.668. The molecular weight excluding hydrogens is 469 g/mol. The van der Waals surface area contributed by atoms with Gasteiger partial charge in [-0.15, -0.1) is 0 Å². The Hall–Kier alpha value is -2.54. The summed E-state index contributed by atoms with van der Waals surface area (Å²) < 4.78 is 15.6. The number of piperidine rings is 1. The quantitative estimate of drug-likeness (QED) is 0.549. The van der Waals surface area contributed by atoms with Gasteiger partial charge in [0.25, 0.3) is 5.56 Å². The van der Waals surface area contributed by atoms with Gasteiger partial charge in [0.15, 0.2) is 0 Å². The Balaban J connectivity index is 1.47. The van der Waals surface area contributed by atoms with Crippen molar-refractivity contribution in [3.05, 3.63) is 52.8 Å². The number of benzene rings is 1. The topological polar surface area (TPSA) is 75.4 Å². The largest absolute Gasteiger partial charge is 0.387 e. The fourth-order valence-electron chi connectivity index (χ4n) is 6.16. The van der Waals surface area contributed by atoms with Gasteiger partial charge >= 0.3 is 0 Å². The number of carbonyl (C=O) groups is 1. The molecule has 7 heteroatoms. The van der Waals surface area contributed by atoms with Gasteiger partial charge in [-0.25, -0.2) is 9.37 Å². The second-order valence-electron chi connectivity index (χ2n) is 12.2. The van der Waals surface area contributed by atoms with Crippen LogP contribution in [0, 0.1) is 29.0 Å². The van der Waals surface area contributed by atoms with E-state index in [9.17, 15) is 19.1 Å². The first-order valence-electron chi connectivity index (χ1n) is 13.8. The van der Waals surface area contributed by atoms with Crippen LogP contribution in [0.1, 0.15) is 72.6 Å². The molecule has 1 aliphatic heterocycles. The average Bonchev–Trinajstić information content (AvgIpc) is 2.86. The lowest BCUT2D eigenvalue weighted by molar-refractivity contribution is -0.159. The third kappa shape index (κ3) is 5.97. The molecule has 4 rings (SSSR count). The maximum Gasteiger partial charge on any atom is 0.253 e. The normalized spacial score (nSPS) is 23.3. The van der Waals surface area contributed by atoms with Gasteiger partial charge in [0.2, 0.25) is 5.91 Å². The molecule has 0 bridgehead atoms. The van der Waals surface area contributed by atoms with E-state index in [4.69, 9.17) is 0 Å². The first-order valence-corrected chi connectivity index (χ1v) is 13.8. The van der Waals surface area contributed by atoms with Gasteiger partial charge in [0.05, 0.1) is 24.2 Å². The van der Waals surface area contributed by atoms with E-state index in [-0.39, 0.29) is 41.1 Å². The van der Waals surface area contributed by atoms with Gasteiger partial charge in [-0.3, -0.25) is 14.2 Å². The summed E-state index contributed by atoms with van der Waals surface area (Å²) in [5, 5.41) is 11.7. The summed E-state index contributed by atoms with van der Waals surface area (Å²) >= 11 is 0. The lowest BCUT2D eigenvalue weighted by Crippen LogP contribution is -2.61. The molecule has 1 saturated carbocycles. The van der Waals surface area contributed by atoms with Crippen molar-refractivity contribution < 1.29 is 14.3 Å². The van der Waals surface area contributed by atoms with Crippen molar-refractivity contribution in [3.8, 4) is 11.3 Å². The van der Waals surface area contributed by atoms with E-state index < -0.39 is 16.8 Å². The Bertz CT molecular complexity index is 1150. The van der Waals surface area contributed by atoms with Crippen molar-refractivity contribution in [1.29, 1.82) is 0 Å². The lowest BCUT2D eigenvalue weighted by Gasteiger charge is -2.51. The number of rotatable bonds is 7. The van der Waals surface area contributed by atoms with Crippen LogP contribution in [0.2, 0.25) is 0 Å². The number of aliphatic hydroxyl groups is 1. The van der Waals surface area contributed by atoms with Crippen LogP contribution in [0.3, 0.4) is 0 Å². The predicted octanol–water partition coefficient (Wildman–Crippen LogP) is 5.28. The molecule has 2 heterocycles. The van der Waals surface area contributed by atoms with Crippen molar-refractivity contribution in [3.63, 3.8) is 0 Å². The van der Waals surface area contributed by atoms with Gasteiger partial charge in [0, 0.05) is 36.1 Å². The van der Waals surface area contributed by atoms with Gasteiger partial charge in [-0.05, 0) is 36.8 Å². The van der Waals surface area contributed by atoms with Gasteiger partial charge in [-0.2, -0.15) is 0 Å². The number of nitrogens with zero attached hydrogens (tertiary/aromatic N) is 3. The summed E-state index contributed by atoms with van der Waals surface area (Å²) in [6, 6.07) is 7.52. The Morgan fingerprint density at radius 2 is 1.89 bits per heavy atom. The Labute approximate surface area is 219 Å². The van der Waals surface area contributed by atoms with Gasteiger partial charge < -0.3 is 10.0 Å². The minimum absolute atomic E-state index is 0.00263. The molecule has 2 aliphatic rings. The first-order chi connectivity index (χ1) is 17.5. The number of aromatic nitrogens is 2. The van der Waals surface area contributed by atoms with Crippen LogP contribution < -0.4 is 5.56 Å². The Morgan fingerprint density at radius 1 is 1.19 bits per heavy atom. The number of carbonyl (C=O) groups excluding carboxylic acids is 1. The zero-order chi connectivity index (χ0) is 26.8. The number of amides is 1. The van der Waals surface area contributed by atoms with Crippen LogP contribution in [0.25, 0.3) is 11.3 Å². The van der Waals surface area contributed by atoms with E-state index >= 15 is 0 Å². The van der Waals surface area contributed by atoms with Gasteiger partial charge in [-0.1, -0.05) is 71.9 Å². The maximum absolute atomic E-state index is 14.2. The highest BCUT2D eigenvalue weighted by Gasteiger charge is 2.49. The second-order valence-corrected chi connectivity index (χ2v) is 12.2. The molecule has 2 atom stereocenters. The zero-order valence-electron chi connectivity index (χ0n) is 22.8. The molecule has 0 radical (unpaired) electrons. The van der Waals surface area contributed by atoms with E-state index in [0.29, 0.717) is 25.4 Å². The van der Waals surface area contributed by atoms with Crippen molar-refractivity contribution in [1.82, 2.24) is 14.5 Å². The lowest BCUT2D eigenvalue weighted by atomic mass is 9.69. The number of hydrogen-bond acceptors (Lipinski definition) is 4. The van der Waals surface area contributed by atoms with E-state index in [1.54, 1.807) is 18.2 Å². The molecular formula is C30H42FN3O3. The molecule has 1 aromatic heterocycles. The fourth-order valence-corrected chi connectivity index (χ4v) is 6.16. The van der Waals surface area contributed by atoms with Crippen LogP contribution in [-0.4, -0.2) is 44.2 Å². The van der Waals surface area contributed by atoms with Crippen molar-refractivity contribution in [2.45, 2.75) is 84.8 Å². The molecule has 1 amide bonds. The van der Waals surface area contributed by atoms with Gasteiger partial charge in [0.1, 0.15) is 5.82 Å². The van der Waals surface area contributed by atoms with Crippen LogP contribution in [-0.2, 0) is 11.3 Å². The molecule has 1 aromatic carbocycles. The minimum atomic E-state index is -1.19. The van der Waals surface area contributed by atoms with E-state index in [0.717, 1.165) is 6.42 Å². The molecule has 6 nitrogen and oxygen atoms in total. The Morgan fingerprint density at radius 3 is 2.51 bits per heavy atom. The number of likely N-dealkylation sites (tertiary alicyclic amines) is 1. The highest BCUT2D eigenvalue weighted by Crippen LogP contribution is 2.41. The van der Waals surface area contributed by atoms with E-state index in [1.165, 1.54) is 55.1 Å². The van der Waals surface area contributed by atoms with E-state index in [2.05, 4.69) is 18.8 Å². The monoisotopic (exact) mass is 511 g/mol. The molecule has 202 valence electrons. The SMILES string of the molecule is CC(C)C(CC1CCCCC1)C(=O)N1CCC(O)(Cn2cnc(-c3ccccc3F)cc2=O)C(C)(C)C1. The van der Waals surface area contributed by atoms with Crippen molar-refractivity contribution in [2.24, 2.45) is 23.2 Å². The Kier molecular flexibility index (Phi) is 8.22. The molecule has 1 N–H and O–H groups in total. The predicted molar refractivity (Wildman–Crippen MR) is 143 cm³/mol. The summed E-state index contributed by atoms with van der Waals surface area (Å²) in [5.41, 5.74) is -1.62. The average molecular weight is 512 g/mol. The standard InChI is InChI=1S/C30H42FN3O3/c1-21(2)24(16-22-10-6-5-7-11-22)28(36)33-15-14-30(37,29(3,4)18-33)19-34-20-32-26(17-27(34)35)23-12-8-9-13-25(23)31/h8-9,12-13,17,20-22,24,37H,5-7,10-11,14-16,18-19H2,1-4H3. The molecule has 37 heavy (non-hydrogen) atoms. The summed E-state index contributed by atoms with van der Waals surface area (Å²) in [6.45, 7) is 9.17. The minimum Gasteiger partial charge on any atom is -0.387 e. The van der Waals surface area contributed by atoms with E-state index in [1.807, 2.05) is 18.7 Å². The highest BCUT2D eigenvalue weighted by molar-refractivity contribution is 5.79. The molecule has 0 spiro atoms. The summed E-state index contributed by atoms with van der Waals surface area (Å²) in [4.78, 5) is 32.8. The molecule has 1 saturated heterocycles. The number of halogens is 1. The number of hydrogen-bond donors (Lipinski definition) is 1. The molecule has 2 fully saturated rings. The fraction of sp³-hybridized carbons (Fsp3) is 0.633. The van der Waals surface area contributed by atoms with Crippen LogP contribution in [0.5, 0.6) is 0 Å². The maximum atomic E-state index is 14.2. The molecule has 2 unspecified atom stereocenters. The van der Waals surface area contributed by atoms with Crippen molar-refractivity contribution in [2.75, 3.05) is 13.1 Å². The molecule has 2 aromatic rings. The van der Waals surface area contributed by atoms with Crippen LogP contribution in [0.15, 0.2) is 41.5 Å². The smallest absolute Gasteiger partial charge is 0.253 e. The second kappa shape index (κ2) is 11.1. The van der Waals surface area contributed by atoms with Crippen LogP contribution in [0.4, 0.5) is 4.39 Å². The highest BCUT2D eigenvalue weighted by atomic mass is 19.1. The summed E-state index contributed by atoms with van der Waals surface area (Å²) in [7, 11) is 0. The molecule has 1 aliphatic carbocycles. The summed E-state index contributed by atoms with van der Waals surface area (Å²) in [6.07, 6.45) is 9.00. The zero-order valence-corrected chi connectivity index (χ0v) is 22.8. The third-order valence-electron chi connectivity index (χ3n) is 8.85. The van der Waals surface area contributed by atoms with Crippen LogP contribution >= 0.6 is 0 Å². The first kappa shape index (κ1) is 27.5. The van der Waals surface area contributed by atoms with Crippen molar-refractivity contribution >= 4 is 5.91 Å². The third-order valence-corrected chi connectivity index (χ3v) is 8.85.